The Morgan fingerprint density at radius 2 is 1.75 bits per heavy atom. The third-order valence-corrected chi connectivity index (χ3v) is 4.75. The zero-order valence-corrected chi connectivity index (χ0v) is 9.83. The van der Waals surface area contributed by atoms with E-state index in [0.717, 1.165) is 12.8 Å². The molecule has 3 aliphatic carbocycles. The van der Waals surface area contributed by atoms with E-state index in [2.05, 4.69) is 0 Å². The first-order valence-corrected chi connectivity index (χ1v) is 6.15. The van der Waals surface area contributed by atoms with Crippen LogP contribution in [-0.2, 0) is 14.2 Å². The molecule has 0 aromatic rings. The van der Waals surface area contributed by atoms with Gasteiger partial charge in [-0.2, -0.15) is 0 Å². The lowest BCUT2D eigenvalue weighted by Crippen LogP contribution is -2.50. The molecule has 0 aromatic heterocycles. The van der Waals surface area contributed by atoms with Crippen molar-refractivity contribution in [3.8, 4) is 0 Å². The van der Waals surface area contributed by atoms with Gasteiger partial charge in [0.1, 0.15) is 0 Å². The van der Waals surface area contributed by atoms with E-state index in [1.807, 2.05) is 0 Å². The summed E-state index contributed by atoms with van der Waals surface area (Å²) in [6.07, 6.45) is 2.70. The number of fused-ring (bicyclic) bond motifs is 2. The van der Waals surface area contributed by atoms with Crippen LogP contribution in [-0.4, -0.2) is 38.0 Å². The van der Waals surface area contributed by atoms with Gasteiger partial charge in [0.25, 0.3) is 0 Å². The normalized spacial score (nSPS) is 55.3. The Morgan fingerprint density at radius 1 is 1.06 bits per heavy atom. The van der Waals surface area contributed by atoms with Crippen molar-refractivity contribution in [3.63, 3.8) is 0 Å². The molecule has 7 atom stereocenters. The molecule has 0 aromatic carbocycles. The molecule has 1 saturated heterocycles. The molecular weight excluding hydrogens is 208 g/mol. The third kappa shape index (κ3) is 1.37. The zero-order chi connectivity index (χ0) is 11.3. The number of aliphatic hydroxyl groups is 1. The molecule has 3 saturated carbocycles. The lowest BCUT2D eigenvalue weighted by Gasteiger charge is -2.49. The molecule has 4 rings (SSSR count). The van der Waals surface area contributed by atoms with Crippen molar-refractivity contribution < 1.29 is 19.3 Å². The monoisotopic (exact) mass is 228 g/mol. The topological polar surface area (TPSA) is 47.9 Å². The molecule has 4 aliphatic rings. The van der Waals surface area contributed by atoms with E-state index in [1.54, 1.807) is 14.2 Å². The van der Waals surface area contributed by atoms with Crippen molar-refractivity contribution in [3.05, 3.63) is 0 Å². The van der Waals surface area contributed by atoms with Crippen molar-refractivity contribution >= 4 is 0 Å². The number of aliphatic hydroxyl groups excluding tert-OH is 1. The fourth-order valence-corrected chi connectivity index (χ4v) is 4.13. The summed E-state index contributed by atoms with van der Waals surface area (Å²) in [5.74, 6) is 1.60. The Hall–Kier alpha value is -0.160. The van der Waals surface area contributed by atoms with Crippen LogP contribution in [0.3, 0.4) is 0 Å². The highest BCUT2D eigenvalue weighted by Gasteiger charge is 2.58. The van der Waals surface area contributed by atoms with E-state index in [-0.39, 0.29) is 18.7 Å². The second-order valence-electron chi connectivity index (χ2n) is 5.30. The summed E-state index contributed by atoms with van der Waals surface area (Å²) in [6, 6.07) is 0. The van der Waals surface area contributed by atoms with Crippen LogP contribution in [0.15, 0.2) is 0 Å². The highest BCUT2D eigenvalue weighted by atomic mass is 16.8. The second-order valence-corrected chi connectivity index (χ2v) is 5.30. The Kier molecular flexibility index (Phi) is 2.70. The minimum atomic E-state index is -0.197. The lowest BCUT2D eigenvalue weighted by atomic mass is 9.58. The van der Waals surface area contributed by atoms with E-state index >= 15 is 0 Å². The SMILES string of the molecule is COC1O[C@H](OC)[C@@H]2C1[C@H]1CC[C@@H]2C[C@@H]1O. The van der Waals surface area contributed by atoms with E-state index in [0.29, 0.717) is 23.7 Å². The smallest absolute Gasteiger partial charge is 0.163 e. The predicted molar refractivity (Wildman–Crippen MR) is 56.5 cm³/mol. The van der Waals surface area contributed by atoms with E-state index < -0.39 is 0 Å². The van der Waals surface area contributed by atoms with Crippen LogP contribution in [0.5, 0.6) is 0 Å². The summed E-state index contributed by atoms with van der Waals surface area (Å²) in [5.41, 5.74) is 0. The molecule has 0 spiro atoms. The number of ether oxygens (including phenoxy) is 3. The molecule has 4 nitrogen and oxygen atoms in total. The van der Waals surface area contributed by atoms with Gasteiger partial charge in [-0.15, -0.1) is 0 Å². The highest BCUT2D eigenvalue weighted by molar-refractivity contribution is 5.02. The van der Waals surface area contributed by atoms with Gasteiger partial charge in [-0.25, -0.2) is 0 Å². The summed E-state index contributed by atoms with van der Waals surface area (Å²) in [7, 11) is 3.37. The molecule has 2 bridgehead atoms. The fraction of sp³-hybridized carbons (Fsp3) is 1.00. The van der Waals surface area contributed by atoms with Crippen LogP contribution in [0.1, 0.15) is 19.3 Å². The Labute approximate surface area is 95.9 Å². The maximum atomic E-state index is 10.1. The standard InChI is InChI=1S/C12H20O4/c1-14-11-9-6-3-4-7(8(13)5-6)10(9)12(15-2)16-11/h6-13H,3-5H2,1-2H3/t6-,7+,8+,9+,10?,11+,12?/m1/s1. The van der Waals surface area contributed by atoms with Crippen molar-refractivity contribution in [2.24, 2.45) is 23.7 Å². The summed E-state index contributed by atoms with van der Waals surface area (Å²) in [6.45, 7) is 0. The minimum Gasteiger partial charge on any atom is -0.393 e. The minimum absolute atomic E-state index is 0.143. The Bertz CT molecular complexity index is 270. The number of rotatable bonds is 2. The van der Waals surface area contributed by atoms with Crippen LogP contribution in [0.4, 0.5) is 0 Å². The van der Waals surface area contributed by atoms with Gasteiger partial charge in [0.2, 0.25) is 0 Å². The summed E-state index contributed by atoms with van der Waals surface area (Å²) in [5, 5.41) is 10.1. The lowest BCUT2D eigenvalue weighted by molar-refractivity contribution is -0.199. The molecule has 1 N–H and O–H groups in total. The Balaban J connectivity index is 1.89. The largest absolute Gasteiger partial charge is 0.393 e. The van der Waals surface area contributed by atoms with Crippen LogP contribution < -0.4 is 0 Å². The maximum Gasteiger partial charge on any atom is 0.163 e. The number of methoxy groups -OCH3 is 2. The van der Waals surface area contributed by atoms with Crippen molar-refractivity contribution in [2.75, 3.05) is 14.2 Å². The highest BCUT2D eigenvalue weighted by Crippen LogP contribution is 2.55. The second kappa shape index (κ2) is 3.95. The molecule has 0 radical (unpaired) electrons. The molecular formula is C12H20O4. The quantitative estimate of drug-likeness (QED) is 0.765. The van der Waals surface area contributed by atoms with E-state index in [4.69, 9.17) is 14.2 Å². The van der Waals surface area contributed by atoms with Gasteiger partial charge < -0.3 is 19.3 Å². The van der Waals surface area contributed by atoms with Crippen molar-refractivity contribution in [1.82, 2.24) is 0 Å². The number of hydrogen-bond donors (Lipinski definition) is 1. The Morgan fingerprint density at radius 3 is 2.38 bits per heavy atom. The van der Waals surface area contributed by atoms with E-state index in [9.17, 15) is 5.11 Å². The number of hydrogen-bond acceptors (Lipinski definition) is 4. The third-order valence-electron chi connectivity index (χ3n) is 4.75. The molecule has 4 fully saturated rings. The van der Waals surface area contributed by atoms with Gasteiger partial charge in [-0.3, -0.25) is 0 Å². The van der Waals surface area contributed by atoms with Crippen molar-refractivity contribution in [2.45, 2.75) is 37.9 Å². The predicted octanol–water partition coefficient (Wildman–Crippen LogP) is 0.985. The first-order chi connectivity index (χ1) is 7.76. The molecule has 0 amide bonds. The molecule has 4 heteroatoms. The first-order valence-electron chi connectivity index (χ1n) is 6.15. The van der Waals surface area contributed by atoms with E-state index in [1.165, 1.54) is 6.42 Å². The van der Waals surface area contributed by atoms with Gasteiger partial charge in [0, 0.05) is 26.1 Å². The van der Waals surface area contributed by atoms with Crippen LogP contribution in [0.2, 0.25) is 0 Å². The molecule has 92 valence electrons. The van der Waals surface area contributed by atoms with Crippen molar-refractivity contribution in [1.29, 1.82) is 0 Å². The van der Waals surface area contributed by atoms with Crippen LogP contribution in [0.25, 0.3) is 0 Å². The van der Waals surface area contributed by atoms with Gasteiger partial charge >= 0.3 is 0 Å². The van der Waals surface area contributed by atoms with Crippen LogP contribution in [0, 0.1) is 23.7 Å². The summed E-state index contributed by atoms with van der Waals surface area (Å²) < 4.78 is 16.6. The van der Waals surface area contributed by atoms with Gasteiger partial charge in [0.15, 0.2) is 12.6 Å². The maximum absolute atomic E-state index is 10.1. The van der Waals surface area contributed by atoms with Gasteiger partial charge in [-0.1, -0.05) is 0 Å². The zero-order valence-electron chi connectivity index (χ0n) is 9.83. The molecule has 2 unspecified atom stereocenters. The van der Waals surface area contributed by atoms with Crippen LogP contribution >= 0.6 is 0 Å². The average molecular weight is 228 g/mol. The van der Waals surface area contributed by atoms with Gasteiger partial charge in [0.05, 0.1) is 6.10 Å². The molecule has 1 heterocycles. The van der Waals surface area contributed by atoms with Gasteiger partial charge in [-0.05, 0) is 31.1 Å². The summed E-state index contributed by atoms with van der Waals surface area (Å²) >= 11 is 0. The fourth-order valence-electron chi connectivity index (χ4n) is 4.13. The average Bonchev–Trinajstić information content (AvgIpc) is 2.69. The first kappa shape index (κ1) is 11.0. The molecule has 1 aliphatic heterocycles. The summed E-state index contributed by atoms with van der Waals surface area (Å²) in [4.78, 5) is 0. The molecule has 16 heavy (non-hydrogen) atoms.